The van der Waals surface area contributed by atoms with E-state index in [0.29, 0.717) is 0 Å². The first-order chi connectivity index (χ1) is 3.80. The van der Waals surface area contributed by atoms with Crippen molar-refractivity contribution in [3.05, 3.63) is 0 Å². The monoisotopic (exact) mass is 134 g/mol. The standard InChI is InChI=1S/C3H5NO3S/c5-3(6)2-1-7-8-4-2/h2,4H,1H2,(H,5,6)/p-1. The molecule has 1 atom stereocenters. The van der Waals surface area contributed by atoms with E-state index in [-0.39, 0.29) is 6.61 Å². The minimum Gasteiger partial charge on any atom is -0.548 e. The highest BCUT2D eigenvalue weighted by atomic mass is 32.2. The van der Waals surface area contributed by atoms with Crippen molar-refractivity contribution >= 4 is 18.2 Å². The summed E-state index contributed by atoms with van der Waals surface area (Å²) in [5.41, 5.74) is 0. The number of carbonyl (C=O) groups excluding carboxylic acids is 1. The fraction of sp³-hybridized carbons (Fsp3) is 0.667. The van der Waals surface area contributed by atoms with Gasteiger partial charge in [0.1, 0.15) is 0 Å². The molecule has 1 aliphatic heterocycles. The normalized spacial score (nSPS) is 28.2. The van der Waals surface area contributed by atoms with Gasteiger partial charge in [0.05, 0.1) is 30.8 Å². The minimum atomic E-state index is -1.12. The van der Waals surface area contributed by atoms with E-state index in [1.165, 1.54) is 0 Å². The van der Waals surface area contributed by atoms with Crippen molar-refractivity contribution in [2.24, 2.45) is 0 Å². The lowest BCUT2D eigenvalue weighted by molar-refractivity contribution is -0.307. The van der Waals surface area contributed by atoms with E-state index < -0.39 is 12.0 Å². The molecule has 0 aliphatic carbocycles. The van der Waals surface area contributed by atoms with Gasteiger partial charge in [-0.15, -0.1) is 0 Å². The molecule has 1 heterocycles. The van der Waals surface area contributed by atoms with Gasteiger partial charge in [0, 0.05) is 0 Å². The van der Waals surface area contributed by atoms with Crippen molar-refractivity contribution in [3.63, 3.8) is 0 Å². The van der Waals surface area contributed by atoms with Crippen LogP contribution >= 0.6 is 12.2 Å². The van der Waals surface area contributed by atoms with Crippen LogP contribution in [0, 0.1) is 0 Å². The average Bonchev–Trinajstić information content (AvgIpc) is 2.12. The van der Waals surface area contributed by atoms with E-state index in [0.717, 1.165) is 12.2 Å². The lowest BCUT2D eigenvalue weighted by atomic mass is 10.3. The van der Waals surface area contributed by atoms with Crippen LogP contribution in [0.2, 0.25) is 0 Å². The molecule has 5 heteroatoms. The summed E-state index contributed by atoms with van der Waals surface area (Å²) in [6.07, 6.45) is 0. The molecule has 0 saturated carbocycles. The van der Waals surface area contributed by atoms with Gasteiger partial charge in [-0.25, -0.2) is 4.72 Å². The number of carboxylic acid groups (broad SMARTS) is 1. The van der Waals surface area contributed by atoms with Crippen LogP contribution in [0.15, 0.2) is 0 Å². The Kier molecular flexibility index (Phi) is 1.72. The molecule has 0 spiro atoms. The van der Waals surface area contributed by atoms with Crippen LogP contribution in [0.3, 0.4) is 0 Å². The van der Waals surface area contributed by atoms with E-state index in [2.05, 4.69) is 8.91 Å². The second-order valence-electron chi connectivity index (χ2n) is 1.36. The molecule has 0 amide bonds. The van der Waals surface area contributed by atoms with Crippen LogP contribution < -0.4 is 9.83 Å². The smallest absolute Gasteiger partial charge is 0.0844 e. The molecule has 1 unspecified atom stereocenters. The predicted molar refractivity (Wildman–Crippen MR) is 25.5 cm³/mol. The highest BCUT2D eigenvalue weighted by Gasteiger charge is 2.15. The lowest BCUT2D eigenvalue weighted by Crippen LogP contribution is -2.41. The molecule has 0 aromatic carbocycles. The number of aliphatic carboxylic acids is 1. The van der Waals surface area contributed by atoms with Crippen molar-refractivity contribution < 1.29 is 14.1 Å². The summed E-state index contributed by atoms with van der Waals surface area (Å²) in [7, 11) is 0. The SMILES string of the molecule is O=C([O-])C1COSN1. The number of nitrogens with one attached hydrogen (secondary N) is 1. The van der Waals surface area contributed by atoms with Gasteiger partial charge in [0.25, 0.3) is 0 Å². The molecular weight excluding hydrogens is 130 g/mol. The quantitative estimate of drug-likeness (QED) is 0.341. The Bertz CT molecular complexity index is 101. The molecule has 1 saturated heterocycles. The van der Waals surface area contributed by atoms with Gasteiger partial charge >= 0.3 is 0 Å². The predicted octanol–water partition coefficient (Wildman–Crippen LogP) is -1.71. The van der Waals surface area contributed by atoms with Crippen LogP contribution in [0.1, 0.15) is 0 Å². The Morgan fingerprint density at radius 3 is 3.00 bits per heavy atom. The van der Waals surface area contributed by atoms with Gasteiger partial charge in [-0.1, -0.05) is 0 Å². The van der Waals surface area contributed by atoms with Crippen molar-refractivity contribution in [1.82, 2.24) is 4.72 Å². The Hall–Kier alpha value is -0.260. The van der Waals surface area contributed by atoms with Crippen molar-refractivity contribution in [1.29, 1.82) is 0 Å². The maximum absolute atomic E-state index is 9.93. The van der Waals surface area contributed by atoms with Gasteiger partial charge in [-0.2, -0.15) is 0 Å². The second kappa shape index (κ2) is 2.34. The van der Waals surface area contributed by atoms with Crippen LogP contribution in [-0.4, -0.2) is 18.6 Å². The van der Waals surface area contributed by atoms with Crippen LogP contribution in [0.5, 0.6) is 0 Å². The average molecular weight is 134 g/mol. The van der Waals surface area contributed by atoms with E-state index in [9.17, 15) is 9.90 Å². The first kappa shape index (κ1) is 5.87. The zero-order valence-corrected chi connectivity index (χ0v) is 4.73. The topological polar surface area (TPSA) is 61.4 Å². The molecule has 4 nitrogen and oxygen atoms in total. The maximum atomic E-state index is 9.93. The maximum Gasteiger partial charge on any atom is 0.0844 e. The highest BCUT2D eigenvalue weighted by molar-refractivity contribution is 7.92. The summed E-state index contributed by atoms with van der Waals surface area (Å²) in [5, 5.41) is 9.93. The molecular formula is C3H4NO3S-. The summed E-state index contributed by atoms with van der Waals surface area (Å²) in [6, 6.07) is -0.639. The van der Waals surface area contributed by atoms with E-state index in [1.54, 1.807) is 0 Å². The number of carbonyl (C=O) groups is 1. The molecule has 8 heavy (non-hydrogen) atoms. The minimum absolute atomic E-state index is 0.188. The highest BCUT2D eigenvalue weighted by Crippen LogP contribution is 2.07. The number of rotatable bonds is 1. The molecule has 1 fully saturated rings. The summed E-state index contributed by atoms with van der Waals surface area (Å²) in [4.78, 5) is 9.93. The van der Waals surface area contributed by atoms with Crippen molar-refractivity contribution in [2.45, 2.75) is 6.04 Å². The van der Waals surface area contributed by atoms with Gasteiger partial charge in [-0.3, -0.25) is 4.18 Å². The molecule has 46 valence electrons. The van der Waals surface area contributed by atoms with Gasteiger partial charge in [0.2, 0.25) is 0 Å². The summed E-state index contributed by atoms with van der Waals surface area (Å²) in [5.74, 6) is -1.12. The van der Waals surface area contributed by atoms with Crippen LogP contribution in [0.4, 0.5) is 0 Å². The second-order valence-corrected chi connectivity index (χ2v) is 2.00. The largest absolute Gasteiger partial charge is 0.548 e. The third kappa shape index (κ3) is 1.12. The summed E-state index contributed by atoms with van der Waals surface area (Å²) in [6.45, 7) is 0.188. The van der Waals surface area contributed by atoms with Crippen LogP contribution in [0.25, 0.3) is 0 Å². The molecule has 1 N–H and O–H groups in total. The fourth-order valence-corrected chi connectivity index (χ4v) is 0.897. The van der Waals surface area contributed by atoms with Gasteiger partial charge in [0.15, 0.2) is 0 Å². The Morgan fingerprint density at radius 2 is 2.75 bits per heavy atom. The Balaban J connectivity index is 2.35. The molecule has 0 radical (unpaired) electrons. The van der Waals surface area contributed by atoms with Gasteiger partial charge in [-0.05, 0) is 0 Å². The molecule has 0 bridgehead atoms. The van der Waals surface area contributed by atoms with Gasteiger partial charge < -0.3 is 9.90 Å². The molecule has 1 rings (SSSR count). The lowest BCUT2D eigenvalue weighted by Gasteiger charge is -2.05. The van der Waals surface area contributed by atoms with Crippen molar-refractivity contribution in [2.75, 3.05) is 6.61 Å². The van der Waals surface area contributed by atoms with Crippen LogP contribution in [-0.2, 0) is 8.98 Å². The number of hydrogen-bond acceptors (Lipinski definition) is 5. The molecule has 1 aliphatic rings. The van der Waals surface area contributed by atoms with Crippen molar-refractivity contribution in [3.8, 4) is 0 Å². The summed E-state index contributed by atoms with van der Waals surface area (Å²) >= 11 is 0.940. The number of hydrogen-bond donors (Lipinski definition) is 1. The zero-order chi connectivity index (χ0) is 5.98. The molecule has 0 aromatic rings. The van der Waals surface area contributed by atoms with E-state index in [4.69, 9.17) is 0 Å². The van der Waals surface area contributed by atoms with E-state index >= 15 is 0 Å². The Morgan fingerprint density at radius 1 is 2.00 bits per heavy atom. The summed E-state index contributed by atoms with van der Waals surface area (Å²) < 4.78 is 7.09. The first-order valence-electron chi connectivity index (χ1n) is 2.05. The number of carboxylic acids is 1. The third-order valence-corrected chi connectivity index (χ3v) is 1.40. The Labute approximate surface area is 50.5 Å². The first-order valence-corrected chi connectivity index (χ1v) is 2.79. The molecule has 0 aromatic heterocycles. The third-order valence-electron chi connectivity index (χ3n) is 0.769. The van der Waals surface area contributed by atoms with E-state index in [1.807, 2.05) is 0 Å². The fourth-order valence-electron chi connectivity index (χ4n) is 0.344. The zero-order valence-electron chi connectivity index (χ0n) is 3.92.